The first-order valence-corrected chi connectivity index (χ1v) is 5.98. The number of nitrogens with one attached hydrogen (secondary N) is 1. The van der Waals surface area contributed by atoms with E-state index >= 15 is 0 Å². The van der Waals surface area contributed by atoms with Crippen LogP contribution in [0.5, 0.6) is 11.5 Å². The van der Waals surface area contributed by atoms with Crippen molar-refractivity contribution in [1.82, 2.24) is 5.32 Å². The summed E-state index contributed by atoms with van der Waals surface area (Å²) in [6, 6.07) is 3.92. The average Bonchev–Trinajstić information content (AvgIpc) is 2.81. The molecule has 0 aromatic heterocycles. The standard InChI is InChI=1S/C13H17NO4/c1-8(9-4-5-18-7-9)14-13(17)11-3-2-10(15)6-12(11)16/h2-3,6,8-9,15-16H,4-5,7H2,1H3,(H,14,17). The number of ether oxygens (including phenoxy) is 1. The second-order valence-electron chi connectivity index (χ2n) is 4.59. The van der Waals surface area contributed by atoms with Crippen LogP contribution in [0.2, 0.25) is 0 Å². The first-order valence-electron chi connectivity index (χ1n) is 5.98. The Hall–Kier alpha value is -1.75. The number of rotatable bonds is 3. The fraction of sp³-hybridized carbons (Fsp3) is 0.462. The lowest BCUT2D eigenvalue weighted by Gasteiger charge is -2.19. The van der Waals surface area contributed by atoms with E-state index in [1.54, 1.807) is 0 Å². The van der Waals surface area contributed by atoms with Crippen molar-refractivity contribution in [2.24, 2.45) is 5.92 Å². The van der Waals surface area contributed by atoms with Crippen LogP contribution >= 0.6 is 0 Å². The molecule has 0 radical (unpaired) electrons. The van der Waals surface area contributed by atoms with Crippen molar-refractivity contribution in [2.75, 3.05) is 13.2 Å². The summed E-state index contributed by atoms with van der Waals surface area (Å²) in [4.78, 5) is 12.0. The number of benzene rings is 1. The summed E-state index contributed by atoms with van der Waals surface area (Å²) in [6.45, 7) is 3.31. The minimum absolute atomic E-state index is 0.00629. The van der Waals surface area contributed by atoms with E-state index in [1.165, 1.54) is 12.1 Å². The van der Waals surface area contributed by atoms with Gasteiger partial charge in [-0.1, -0.05) is 0 Å². The van der Waals surface area contributed by atoms with Crippen molar-refractivity contribution in [2.45, 2.75) is 19.4 Å². The van der Waals surface area contributed by atoms with Gasteiger partial charge in [-0.25, -0.2) is 0 Å². The Kier molecular flexibility index (Phi) is 3.72. The molecule has 1 heterocycles. The summed E-state index contributed by atoms with van der Waals surface area (Å²) in [7, 11) is 0. The van der Waals surface area contributed by atoms with Crippen LogP contribution < -0.4 is 5.32 Å². The van der Waals surface area contributed by atoms with Crippen LogP contribution in [0.15, 0.2) is 18.2 Å². The van der Waals surface area contributed by atoms with Crippen molar-refractivity contribution in [1.29, 1.82) is 0 Å². The van der Waals surface area contributed by atoms with E-state index in [0.29, 0.717) is 12.5 Å². The van der Waals surface area contributed by atoms with Gasteiger partial charge in [-0.2, -0.15) is 0 Å². The van der Waals surface area contributed by atoms with E-state index in [9.17, 15) is 9.90 Å². The molecule has 2 atom stereocenters. The third-order valence-corrected chi connectivity index (χ3v) is 3.26. The lowest BCUT2D eigenvalue weighted by atomic mass is 10.0. The van der Waals surface area contributed by atoms with Gasteiger partial charge in [-0.05, 0) is 25.5 Å². The molecule has 2 unspecified atom stereocenters. The molecule has 2 rings (SSSR count). The fourth-order valence-electron chi connectivity index (χ4n) is 2.06. The van der Waals surface area contributed by atoms with E-state index in [2.05, 4.69) is 5.32 Å². The summed E-state index contributed by atoms with van der Waals surface area (Å²) in [5, 5.41) is 21.6. The lowest BCUT2D eigenvalue weighted by Crippen LogP contribution is -2.38. The van der Waals surface area contributed by atoms with Gasteiger partial charge in [-0.15, -0.1) is 0 Å². The molecule has 98 valence electrons. The highest BCUT2D eigenvalue weighted by atomic mass is 16.5. The molecule has 1 aliphatic rings. The van der Waals surface area contributed by atoms with E-state index in [0.717, 1.165) is 19.1 Å². The molecule has 0 aliphatic carbocycles. The minimum Gasteiger partial charge on any atom is -0.508 e. The van der Waals surface area contributed by atoms with Gasteiger partial charge in [0.15, 0.2) is 0 Å². The third kappa shape index (κ3) is 2.73. The third-order valence-electron chi connectivity index (χ3n) is 3.26. The Morgan fingerprint density at radius 3 is 2.89 bits per heavy atom. The van der Waals surface area contributed by atoms with Gasteiger partial charge in [-0.3, -0.25) is 4.79 Å². The van der Waals surface area contributed by atoms with E-state index < -0.39 is 0 Å². The number of hydrogen-bond acceptors (Lipinski definition) is 4. The Morgan fingerprint density at radius 1 is 1.50 bits per heavy atom. The lowest BCUT2D eigenvalue weighted by molar-refractivity contribution is 0.0919. The monoisotopic (exact) mass is 251 g/mol. The van der Waals surface area contributed by atoms with Crippen LogP contribution in [0.1, 0.15) is 23.7 Å². The molecule has 5 heteroatoms. The zero-order valence-electron chi connectivity index (χ0n) is 10.2. The van der Waals surface area contributed by atoms with Crippen molar-refractivity contribution >= 4 is 5.91 Å². The smallest absolute Gasteiger partial charge is 0.255 e. The molecule has 0 spiro atoms. The van der Waals surface area contributed by atoms with E-state index in [4.69, 9.17) is 9.84 Å². The number of hydrogen-bond donors (Lipinski definition) is 3. The zero-order chi connectivity index (χ0) is 13.1. The molecule has 1 aromatic carbocycles. The van der Waals surface area contributed by atoms with E-state index in [-0.39, 0.29) is 29.0 Å². The maximum Gasteiger partial charge on any atom is 0.255 e. The molecule has 18 heavy (non-hydrogen) atoms. The van der Waals surface area contributed by atoms with Crippen LogP contribution in [-0.4, -0.2) is 35.4 Å². The van der Waals surface area contributed by atoms with Crippen LogP contribution in [0, 0.1) is 5.92 Å². The largest absolute Gasteiger partial charge is 0.508 e. The van der Waals surface area contributed by atoms with Crippen LogP contribution in [0.25, 0.3) is 0 Å². The molecule has 0 bridgehead atoms. The van der Waals surface area contributed by atoms with Crippen molar-refractivity contribution < 1.29 is 19.7 Å². The normalized spacial score (nSPS) is 20.6. The molecular formula is C13H17NO4. The summed E-state index contributed by atoms with van der Waals surface area (Å²) in [6.07, 6.45) is 0.934. The summed E-state index contributed by atoms with van der Waals surface area (Å²) < 4.78 is 5.27. The molecule has 1 aromatic rings. The zero-order valence-corrected chi connectivity index (χ0v) is 10.2. The number of phenolic OH excluding ortho intramolecular Hbond substituents is 2. The SMILES string of the molecule is CC(NC(=O)c1ccc(O)cc1O)C1CCOC1. The van der Waals surface area contributed by atoms with Gasteiger partial charge < -0.3 is 20.3 Å². The number of carbonyl (C=O) groups is 1. The fourth-order valence-corrected chi connectivity index (χ4v) is 2.06. The highest BCUT2D eigenvalue weighted by Crippen LogP contribution is 2.23. The number of aromatic hydroxyl groups is 2. The molecule has 0 saturated carbocycles. The first-order chi connectivity index (χ1) is 8.58. The molecule has 1 aliphatic heterocycles. The Morgan fingerprint density at radius 2 is 2.28 bits per heavy atom. The summed E-state index contributed by atoms with van der Waals surface area (Å²) in [5.41, 5.74) is 0.165. The van der Waals surface area contributed by atoms with E-state index in [1.807, 2.05) is 6.92 Å². The van der Waals surface area contributed by atoms with Gasteiger partial charge in [0.1, 0.15) is 11.5 Å². The molecule has 1 amide bonds. The predicted octanol–water partition coefficient (Wildman–Crippen LogP) is 1.25. The molecule has 1 saturated heterocycles. The van der Waals surface area contributed by atoms with Crippen molar-refractivity contribution in [3.05, 3.63) is 23.8 Å². The predicted molar refractivity (Wildman–Crippen MR) is 65.6 cm³/mol. The number of carbonyl (C=O) groups excluding carboxylic acids is 1. The van der Waals surface area contributed by atoms with Crippen LogP contribution in [0.3, 0.4) is 0 Å². The molecule has 3 N–H and O–H groups in total. The topological polar surface area (TPSA) is 78.8 Å². The van der Waals surface area contributed by atoms with Gasteiger partial charge in [0.2, 0.25) is 0 Å². The Labute approximate surface area is 105 Å². The quantitative estimate of drug-likeness (QED) is 0.755. The Bertz CT molecular complexity index is 441. The second-order valence-corrected chi connectivity index (χ2v) is 4.59. The van der Waals surface area contributed by atoms with Crippen molar-refractivity contribution in [3.63, 3.8) is 0 Å². The second kappa shape index (κ2) is 5.27. The van der Waals surface area contributed by atoms with Gasteiger partial charge in [0.05, 0.1) is 12.2 Å². The number of amides is 1. The average molecular weight is 251 g/mol. The summed E-state index contributed by atoms with van der Waals surface area (Å²) >= 11 is 0. The van der Waals surface area contributed by atoms with Gasteiger partial charge >= 0.3 is 0 Å². The minimum atomic E-state index is -0.341. The number of phenols is 2. The molecular weight excluding hydrogens is 234 g/mol. The van der Waals surface area contributed by atoms with Crippen molar-refractivity contribution in [3.8, 4) is 11.5 Å². The first kappa shape index (κ1) is 12.7. The van der Waals surface area contributed by atoms with Gasteiger partial charge in [0.25, 0.3) is 5.91 Å². The summed E-state index contributed by atoms with van der Waals surface area (Å²) in [5.74, 6) is -0.316. The van der Waals surface area contributed by atoms with Crippen LogP contribution in [0.4, 0.5) is 0 Å². The Balaban J connectivity index is 2.02. The molecule has 5 nitrogen and oxygen atoms in total. The molecule has 1 fully saturated rings. The highest BCUT2D eigenvalue weighted by molar-refractivity contribution is 5.97. The maximum atomic E-state index is 12.0. The van der Waals surface area contributed by atoms with Gasteiger partial charge in [0, 0.05) is 24.6 Å². The highest BCUT2D eigenvalue weighted by Gasteiger charge is 2.24. The maximum absolute atomic E-state index is 12.0. The van der Waals surface area contributed by atoms with Crippen LogP contribution in [-0.2, 0) is 4.74 Å².